The third-order valence-electron chi connectivity index (χ3n) is 3.30. The van der Waals surface area contributed by atoms with Gasteiger partial charge in [0.25, 0.3) is 0 Å². The summed E-state index contributed by atoms with van der Waals surface area (Å²) in [6, 6.07) is 12.6. The number of hydrogen-bond acceptors (Lipinski definition) is 5. The van der Waals surface area contributed by atoms with Crippen LogP contribution in [0.1, 0.15) is 10.4 Å². The van der Waals surface area contributed by atoms with Crippen molar-refractivity contribution < 1.29 is 19.1 Å². The van der Waals surface area contributed by atoms with Crippen molar-refractivity contribution in [1.29, 1.82) is 0 Å². The van der Waals surface area contributed by atoms with Crippen LogP contribution in [0.5, 0.6) is 0 Å². The van der Waals surface area contributed by atoms with E-state index < -0.39 is 17.6 Å². The molecule has 0 radical (unpaired) electrons. The number of aromatic carboxylic acids is 1. The minimum atomic E-state index is -1.40. The Bertz CT molecular complexity index is 954. The number of carboxylic acid groups (broad SMARTS) is 1. The Morgan fingerprint density at radius 1 is 1.09 bits per heavy atom. The number of carbonyl (C=O) groups is 2. The number of rotatable bonds is 4. The Morgan fingerprint density at radius 3 is 2.57 bits per heavy atom. The first-order valence-electron chi connectivity index (χ1n) is 6.75. The van der Waals surface area contributed by atoms with Gasteiger partial charge in [-0.05, 0) is 18.2 Å². The van der Waals surface area contributed by atoms with Crippen LogP contribution in [0.2, 0.25) is 0 Å². The van der Waals surface area contributed by atoms with Crippen LogP contribution in [0.3, 0.4) is 0 Å². The highest BCUT2D eigenvalue weighted by Crippen LogP contribution is 2.15. The zero-order valence-electron chi connectivity index (χ0n) is 11.8. The number of amides is 1. The first-order valence-corrected chi connectivity index (χ1v) is 6.75. The van der Waals surface area contributed by atoms with E-state index in [2.05, 4.69) is 5.32 Å². The molecule has 0 saturated carbocycles. The maximum absolute atomic E-state index is 12.1. The van der Waals surface area contributed by atoms with E-state index in [1.165, 1.54) is 22.8 Å². The molecule has 0 spiro atoms. The van der Waals surface area contributed by atoms with Gasteiger partial charge in [-0.1, -0.05) is 30.3 Å². The normalized spacial score (nSPS) is 10.6. The number of para-hydroxylation sites is 3. The Hall–Kier alpha value is -3.35. The lowest BCUT2D eigenvalue weighted by atomic mass is 10.2. The van der Waals surface area contributed by atoms with Crippen LogP contribution in [0.4, 0.5) is 5.69 Å². The Morgan fingerprint density at radius 2 is 1.78 bits per heavy atom. The average molecular weight is 311 g/mol. The second kappa shape index (κ2) is 5.80. The highest BCUT2D eigenvalue weighted by Gasteiger charge is 2.13. The van der Waals surface area contributed by atoms with Gasteiger partial charge < -0.3 is 19.6 Å². The lowest BCUT2D eigenvalue weighted by Gasteiger charge is -2.11. The Labute approximate surface area is 129 Å². The quantitative estimate of drug-likeness (QED) is 0.759. The highest BCUT2D eigenvalue weighted by molar-refractivity contribution is 5.99. The number of carbonyl (C=O) groups excluding carboxylic acids is 2. The number of carboxylic acids is 1. The molecule has 0 atom stereocenters. The molecule has 3 aromatic rings. The molecule has 0 bridgehead atoms. The molecule has 1 heterocycles. The number of aromatic nitrogens is 1. The summed E-state index contributed by atoms with van der Waals surface area (Å²) in [5.41, 5.74) is 0.838. The minimum absolute atomic E-state index is 0.110. The SMILES string of the molecule is O=C(Cn1c(=O)oc2ccccc21)Nc1ccccc1C(=O)[O-]. The van der Waals surface area contributed by atoms with Crippen molar-refractivity contribution in [3.8, 4) is 0 Å². The average Bonchev–Trinajstić information content (AvgIpc) is 2.83. The molecule has 1 amide bonds. The number of anilines is 1. The summed E-state index contributed by atoms with van der Waals surface area (Å²) >= 11 is 0. The van der Waals surface area contributed by atoms with Crippen LogP contribution >= 0.6 is 0 Å². The third kappa shape index (κ3) is 2.84. The highest BCUT2D eigenvalue weighted by atomic mass is 16.4. The van der Waals surface area contributed by atoms with Gasteiger partial charge in [-0.15, -0.1) is 0 Å². The summed E-state index contributed by atoms with van der Waals surface area (Å²) in [5.74, 6) is -2.60. The maximum atomic E-state index is 12.1. The van der Waals surface area contributed by atoms with Crippen molar-refractivity contribution in [2.45, 2.75) is 6.54 Å². The lowest BCUT2D eigenvalue weighted by molar-refractivity contribution is -0.254. The summed E-state index contributed by atoms with van der Waals surface area (Å²) in [7, 11) is 0. The van der Waals surface area contributed by atoms with Crippen molar-refractivity contribution in [3.63, 3.8) is 0 Å². The van der Waals surface area contributed by atoms with Crippen molar-refractivity contribution in [2.75, 3.05) is 5.32 Å². The molecule has 2 aromatic carbocycles. The zero-order chi connectivity index (χ0) is 16.4. The Kier molecular flexibility index (Phi) is 3.68. The van der Waals surface area contributed by atoms with Gasteiger partial charge >= 0.3 is 5.76 Å². The van der Waals surface area contributed by atoms with E-state index in [0.717, 1.165) is 0 Å². The van der Waals surface area contributed by atoms with Crippen molar-refractivity contribution >= 4 is 28.7 Å². The van der Waals surface area contributed by atoms with Crippen LogP contribution in [0.15, 0.2) is 57.7 Å². The fourth-order valence-corrected chi connectivity index (χ4v) is 2.27. The predicted octanol–water partition coefficient (Wildman–Crippen LogP) is 0.597. The second-order valence-corrected chi connectivity index (χ2v) is 4.80. The predicted molar refractivity (Wildman–Crippen MR) is 79.9 cm³/mol. The molecule has 0 saturated heterocycles. The fourth-order valence-electron chi connectivity index (χ4n) is 2.27. The van der Waals surface area contributed by atoms with E-state index >= 15 is 0 Å². The number of hydrogen-bond donors (Lipinski definition) is 1. The third-order valence-corrected chi connectivity index (χ3v) is 3.30. The molecule has 0 aliphatic carbocycles. The van der Waals surface area contributed by atoms with Gasteiger partial charge in [0.15, 0.2) is 5.58 Å². The molecule has 0 unspecified atom stereocenters. The molecule has 0 fully saturated rings. The van der Waals surface area contributed by atoms with Crippen LogP contribution in [0, 0.1) is 0 Å². The van der Waals surface area contributed by atoms with Crippen LogP contribution in [-0.2, 0) is 11.3 Å². The molecule has 7 nitrogen and oxygen atoms in total. The molecule has 116 valence electrons. The zero-order valence-corrected chi connectivity index (χ0v) is 11.8. The van der Waals surface area contributed by atoms with Crippen molar-refractivity contribution in [1.82, 2.24) is 4.57 Å². The van der Waals surface area contributed by atoms with E-state index in [-0.39, 0.29) is 17.8 Å². The number of oxazole rings is 1. The van der Waals surface area contributed by atoms with Crippen LogP contribution < -0.4 is 16.2 Å². The van der Waals surface area contributed by atoms with Gasteiger partial charge in [0.05, 0.1) is 11.5 Å². The van der Waals surface area contributed by atoms with Gasteiger partial charge in [-0.2, -0.15) is 0 Å². The van der Waals surface area contributed by atoms with E-state index in [0.29, 0.717) is 11.1 Å². The van der Waals surface area contributed by atoms with Gasteiger partial charge in [0.1, 0.15) is 6.54 Å². The van der Waals surface area contributed by atoms with Crippen molar-refractivity contribution in [3.05, 3.63) is 64.6 Å². The molecule has 7 heteroatoms. The van der Waals surface area contributed by atoms with E-state index in [4.69, 9.17) is 4.42 Å². The molecule has 3 rings (SSSR count). The first kappa shape index (κ1) is 14.6. The summed E-state index contributed by atoms with van der Waals surface area (Å²) < 4.78 is 6.21. The number of nitrogens with zero attached hydrogens (tertiary/aromatic N) is 1. The van der Waals surface area contributed by atoms with Gasteiger partial charge in [-0.3, -0.25) is 9.36 Å². The number of benzene rings is 2. The van der Waals surface area contributed by atoms with Crippen LogP contribution in [0.25, 0.3) is 11.1 Å². The van der Waals surface area contributed by atoms with Crippen molar-refractivity contribution in [2.24, 2.45) is 0 Å². The number of fused-ring (bicyclic) bond motifs is 1. The van der Waals surface area contributed by atoms with E-state index in [1.807, 2.05) is 0 Å². The van der Waals surface area contributed by atoms with Crippen LogP contribution in [-0.4, -0.2) is 16.4 Å². The molecule has 1 aromatic heterocycles. The molecule has 0 aliphatic heterocycles. The largest absolute Gasteiger partial charge is 0.545 e. The monoisotopic (exact) mass is 311 g/mol. The fraction of sp³-hybridized carbons (Fsp3) is 0.0625. The summed E-state index contributed by atoms with van der Waals surface area (Å²) in [6.07, 6.45) is 0. The molecular formula is C16H11N2O5-. The standard InChI is InChI=1S/C16H12N2O5/c19-14(17-11-6-2-1-5-10(11)15(20)21)9-18-12-7-3-4-8-13(12)23-16(18)22/h1-8H,9H2,(H,17,19)(H,20,21)/p-1. The van der Waals surface area contributed by atoms with Gasteiger partial charge in [-0.25, -0.2) is 4.79 Å². The van der Waals surface area contributed by atoms with E-state index in [9.17, 15) is 19.5 Å². The first-order chi connectivity index (χ1) is 11.1. The molecule has 1 N–H and O–H groups in total. The summed E-state index contributed by atoms with van der Waals surface area (Å²) in [6.45, 7) is -0.294. The maximum Gasteiger partial charge on any atom is 0.420 e. The summed E-state index contributed by atoms with van der Waals surface area (Å²) in [5, 5.41) is 13.5. The Balaban J connectivity index is 1.86. The van der Waals surface area contributed by atoms with E-state index in [1.54, 1.807) is 30.3 Å². The molecular weight excluding hydrogens is 300 g/mol. The lowest BCUT2D eigenvalue weighted by Crippen LogP contribution is -2.27. The van der Waals surface area contributed by atoms with Gasteiger partial charge in [0, 0.05) is 11.3 Å². The van der Waals surface area contributed by atoms with Gasteiger partial charge in [0.2, 0.25) is 5.91 Å². The smallest absolute Gasteiger partial charge is 0.420 e. The minimum Gasteiger partial charge on any atom is -0.545 e. The second-order valence-electron chi connectivity index (χ2n) is 4.80. The molecule has 0 aliphatic rings. The topological polar surface area (TPSA) is 104 Å². The summed E-state index contributed by atoms with van der Waals surface area (Å²) in [4.78, 5) is 35.0. The molecule has 23 heavy (non-hydrogen) atoms. The number of nitrogens with one attached hydrogen (secondary N) is 1.